The van der Waals surface area contributed by atoms with Gasteiger partial charge in [0.05, 0.1) is 0 Å². The second-order valence-electron chi connectivity index (χ2n) is 5.50. The van der Waals surface area contributed by atoms with E-state index in [4.69, 9.17) is 10.2 Å². The van der Waals surface area contributed by atoms with E-state index in [0.717, 1.165) is 19.5 Å². The number of aliphatic hydroxyl groups is 1. The van der Waals surface area contributed by atoms with Crippen molar-refractivity contribution in [3.63, 3.8) is 0 Å². The Hall–Kier alpha value is -1.34. The largest absolute Gasteiger partial charge is 0.480 e. The Morgan fingerprint density at radius 1 is 1.40 bits per heavy atom. The van der Waals surface area contributed by atoms with Crippen LogP contribution in [0.4, 0.5) is 4.79 Å². The summed E-state index contributed by atoms with van der Waals surface area (Å²) < 4.78 is 0. The monoisotopic (exact) mass is 287 g/mol. The van der Waals surface area contributed by atoms with Crippen molar-refractivity contribution in [2.75, 3.05) is 26.2 Å². The number of hydrogen-bond acceptors (Lipinski definition) is 4. The molecule has 4 N–H and O–H groups in total. The first-order valence-corrected chi connectivity index (χ1v) is 7.06. The fourth-order valence-corrected chi connectivity index (χ4v) is 2.33. The van der Waals surface area contributed by atoms with Crippen LogP contribution in [-0.2, 0) is 4.79 Å². The molecule has 0 radical (unpaired) electrons. The quantitative estimate of drug-likeness (QED) is 0.522. The first-order chi connectivity index (χ1) is 9.43. The molecule has 0 saturated carbocycles. The number of aliphatic hydroxyl groups excluding tert-OH is 1. The average molecular weight is 287 g/mol. The van der Waals surface area contributed by atoms with Crippen molar-refractivity contribution in [2.24, 2.45) is 5.92 Å². The number of nitrogens with zero attached hydrogens (tertiary/aromatic N) is 1. The maximum atomic E-state index is 11.6. The van der Waals surface area contributed by atoms with Crippen molar-refractivity contribution < 1.29 is 19.8 Å². The molecular formula is C13H25N3O4. The first kappa shape index (κ1) is 16.7. The van der Waals surface area contributed by atoms with E-state index in [0.29, 0.717) is 18.5 Å². The average Bonchev–Trinajstić information content (AvgIpc) is 2.84. The maximum Gasteiger partial charge on any atom is 0.326 e. The van der Waals surface area contributed by atoms with E-state index in [-0.39, 0.29) is 13.0 Å². The lowest BCUT2D eigenvalue weighted by Crippen LogP contribution is -2.47. The number of aliphatic carboxylic acids is 1. The lowest BCUT2D eigenvalue weighted by atomic mass is 10.1. The van der Waals surface area contributed by atoms with Crippen LogP contribution in [0.25, 0.3) is 0 Å². The molecule has 2 atom stereocenters. The molecule has 1 fully saturated rings. The van der Waals surface area contributed by atoms with Crippen LogP contribution in [0, 0.1) is 5.92 Å². The molecule has 1 rings (SSSR count). The van der Waals surface area contributed by atoms with Crippen LogP contribution in [0.15, 0.2) is 0 Å². The zero-order valence-corrected chi connectivity index (χ0v) is 12.1. The highest BCUT2D eigenvalue weighted by atomic mass is 16.4. The fourth-order valence-electron chi connectivity index (χ4n) is 2.33. The minimum absolute atomic E-state index is 0.00725. The summed E-state index contributed by atoms with van der Waals surface area (Å²) in [6.07, 6.45) is 1.05. The third kappa shape index (κ3) is 5.34. The molecule has 0 aromatic rings. The third-order valence-electron chi connectivity index (χ3n) is 3.62. The fraction of sp³-hybridized carbons (Fsp3) is 0.846. The molecule has 1 unspecified atom stereocenters. The van der Waals surface area contributed by atoms with Crippen molar-refractivity contribution in [2.45, 2.75) is 38.8 Å². The van der Waals surface area contributed by atoms with Gasteiger partial charge in [-0.2, -0.15) is 0 Å². The van der Waals surface area contributed by atoms with Gasteiger partial charge >= 0.3 is 12.0 Å². The van der Waals surface area contributed by atoms with Gasteiger partial charge < -0.3 is 25.7 Å². The van der Waals surface area contributed by atoms with Gasteiger partial charge in [0, 0.05) is 32.2 Å². The molecule has 0 bridgehead atoms. The number of urea groups is 1. The minimum atomic E-state index is -1.14. The molecule has 1 heterocycles. The molecule has 1 saturated heterocycles. The zero-order valence-electron chi connectivity index (χ0n) is 12.1. The van der Waals surface area contributed by atoms with Crippen LogP contribution >= 0.6 is 0 Å². The second-order valence-corrected chi connectivity index (χ2v) is 5.50. The lowest BCUT2D eigenvalue weighted by molar-refractivity contribution is -0.139. The number of likely N-dealkylation sites (tertiary alicyclic amines) is 1. The number of nitrogens with one attached hydrogen (secondary N) is 2. The highest BCUT2D eigenvalue weighted by Crippen LogP contribution is 2.17. The van der Waals surface area contributed by atoms with E-state index >= 15 is 0 Å². The highest BCUT2D eigenvalue weighted by Gasteiger charge is 2.25. The molecule has 0 aromatic carbocycles. The number of carbonyl (C=O) groups excluding carboxylic acids is 1. The number of carboxylic acids is 1. The van der Waals surface area contributed by atoms with E-state index in [2.05, 4.69) is 29.4 Å². The SMILES string of the molecule is CC(C)N1CCC(CNC(=O)N[C@@H](CCO)C(=O)O)C1. The number of carbonyl (C=O) groups is 2. The molecule has 0 aromatic heterocycles. The van der Waals surface area contributed by atoms with Crippen LogP contribution in [0.5, 0.6) is 0 Å². The summed E-state index contributed by atoms with van der Waals surface area (Å²) in [5.74, 6) is -0.731. The summed E-state index contributed by atoms with van der Waals surface area (Å²) in [4.78, 5) is 24.8. The number of carboxylic acid groups (broad SMARTS) is 1. The molecular weight excluding hydrogens is 262 g/mol. The van der Waals surface area contributed by atoms with Crippen molar-refractivity contribution in [1.82, 2.24) is 15.5 Å². The van der Waals surface area contributed by atoms with Gasteiger partial charge in [-0.05, 0) is 32.7 Å². The Labute approximate surface area is 119 Å². The normalized spacial score (nSPS) is 20.9. The Balaban J connectivity index is 2.28. The van der Waals surface area contributed by atoms with Crippen LogP contribution in [0.1, 0.15) is 26.7 Å². The topological polar surface area (TPSA) is 102 Å². The zero-order chi connectivity index (χ0) is 15.1. The van der Waals surface area contributed by atoms with Crippen molar-refractivity contribution in [3.05, 3.63) is 0 Å². The van der Waals surface area contributed by atoms with E-state index in [1.807, 2.05) is 0 Å². The van der Waals surface area contributed by atoms with Crippen LogP contribution < -0.4 is 10.6 Å². The molecule has 1 aliphatic rings. The lowest BCUT2D eigenvalue weighted by Gasteiger charge is -2.20. The predicted molar refractivity (Wildman–Crippen MR) is 74.5 cm³/mol. The van der Waals surface area contributed by atoms with E-state index in [1.54, 1.807) is 0 Å². The van der Waals surface area contributed by atoms with Gasteiger partial charge in [0.1, 0.15) is 6.04 Å². The molecule has 0 aliphatic carbocycles. The Morgan fingerprint density at radius 2 is 2.10 bits per heavy atom. The summed E-state index contributed by atoms with van der Waals surface area (Å²) in [5, 5.41) is 22.7. The summed E-state index contributed by atoms with van der Waals surface area (Å²) in [5.41, 5.74) is 0. The summed E-state index contributed by atoms with van der Waals surface area (Å²) in [6, 6.07) is -1.03. The first-order valence-electron chi connectivity index (χ1n) is 7.06. The highest BCUT2D eigenvalue weighted by molar-refractivity contribution is 5.82. The van der Waals surface area contributed by atoms with Gasteiger partial charge in [-0.1, -0.05) is 0 Å². The van der Waals surface area contributed by atoms with Gasteiger partial charge in [0.15, 0.2) is 0 Å². The molecule has 116 valence electrons. The molecule has 1 aliphatic heterocycles. The predicted octanol–water partition coefficient (Wildman–Crippen LogP) is -0.148. The Morgan fingerprint density at radius 3 is 2.60 bits per heavy atom. The van der Waals surface area contributed by atoms with E-state index in [9.17, 15) is 9.59 Å². The van der Waals surface area contributed by atoms with Crippen molar-refractivity contribution >= 4 is 12.0 Å². The molecule has 20 heavy (non-hydrogen) atoms. The van der Waals surface area contributed by atoms with Crippen LogP contribution in [0.3, 0.4) is 0 Å². The number of rotatable bonds is 7. The minimum Gasteiger partial charge on any atom is -0.480 e. The summed E-state index contributed by atoms with van der Waals surface area (Å²) in [7, 11) is 0. The number of amides is 2. The van der Waals surface area contributed by atoms with Gasteiger partial charge in [0.2, 0.25) is 0 Å². The Kier molecular flexibility index (Phi) is 6.74. The standard InChI is InChI=1S/C13H25N3O4/c1-9(2)16-5-3-10(8-16)7-14-13(20)15-11(4-6-17)12(18)19/h9-11,17H,3-8H2,1-2H3,(H,18,19)(H2,14,15,20)/t10?,11-/m0/s1. The van der Waals surface area contributed by atoms with Gasteiger partial charge in [-0.15, -0.1) is 0 Å². The van der Waals surface area contributed by atoms with E-state index < -0.39 is 18.0 Å². The summed E-state index contributed by atoms with van der Waals surface area (Å²) in [6.45, 7) is 6.55. The van der Waals surface area contributed by atoms with Crippen LogP contribution in [-0.4, -0.2) is 65.4 Å². The Bertz CT molecular complexity index is 336. The van der Waals surface area contributed by atoms with Crippen LogP contribution in [0.2, 0.25) is 0 Å². The summed E-state index contributed by atoms with van der Waals surface area (Å²) >= 11 is 0. The maximum absolute atomic E-state index is 11.6. The molecule has 0 spiro atoms. The van der Waals surface area contributed by atoms with Gasteiger partial charge in [-0.3, -0.25) is 0 Å². The second kappa shape index (κ2) is 8.06. The van der Waals surface area contributed by atoms with Gasteiger partial charge in [-0.25, -0.2) is 9.59 Å². The third-order valence-corrected chi connectivity index (χ3v) is 3.62. The van der Waals surface area contributed by atoms with Crippen molar-refractivity contribution in [3.8, 4) is 0 Å². The molecule has 2 amide bonds. The molecule has 7 heteroatoms. The smallest absolute Gasteiger partial charge is 0.326 e. The number of hydrogen-bond donors (Lipinski definition) is 4. The van der Waals surface area contributed by atoms with Crippen molar-refractivity contribution in [1.29, 1.82) is 0 Å². The van der Waals surface area contributed by atoms with E-state index in [1.165, 1.54) is 0 Å². The molecule has 7 nitrogen and oxygen atoms in total. The van der Waals surface area contributed by atoms with Gasteiger partial charge in [0.25, 0.3) is 0 Å².